The van der Waals surface area contributed by atoms with Gasteiger partial charge in [0, 0.05) is 13.3 Å². The number of hydrogen-bond acceptors (Lipinski definition) is 0. The van der Waals surface area contributed by atoms with E-state index in [-0.39, 0.29) is 0 Å². The Morgan fingerprint density at radius 2 is 2.38 bits per heavy atom. The van der Waals surface area contributed by atoms with E-state index in [1.807, 2.05) is 0 Å². The van der Waals surface area contributed by atoms with E-state index < -0.39 is 0 Å². The van der Waals surface area contributed by atoms with Gasteiger partial charge in [-0.3, -0.25) is 0 Å². The van der Waals surface area contributed by atoms with Gasteiger partial charge in [-0.05, 0) is 6.08 Å². The third-order valence-electron chi connectivity index (χ3n) is 1.59. The van der Waals surface area contributed by atoms with Crippen molar-refractivity contribution in [3.8, 4) is 0 Å². The molecule has 0 saturated carbocycles. The second-order valence-corrected chi connectivity index (χ2v) is 2.25. The summed E-state index contributed by atoms with van der Waals surface area (Å²) < 4.78 is 2.22. The zero-order valence-electron chi connectivity index (χ0n) is 5.46. The Balaban J connectivity index is 2.63. The lowest BCUT2D eigenvalue weighted by Crippen LogP contribution is -2.20. The second kappa shape index (κ2) is 2.12. The van der Waals surface area contributed by atoms with Gasteiger partial charge in [0.05, 0.1) is 0 Å². The fraction of sp³-hybridized carbons (Fsp3) is 0.571. The van der Waals surface area contributed by atoms with Crippen LogP contribution >= 0.6 is 0 Å². The molecule has 0 aliphatic carbocycles. The van der Waals surface area contributed by atoms with Crippen molar-refractivity contribution in [1.29, 1.82) is 0 Å². The summed E-state index contributed by atoms with van der Waals surface area (Å²) in [6, 6.07) is 0.601. The fourth-order valence-corrected chi connectivity index (χ4v) is 0.805. The maximum Gasteiger partial charge on any atom is 0.167 e. The van der Waals surface area contributed by atoms with Crippen molar-refractivity contribution in [2.24, 2.45) is 0 Å². The number of likely N-dealkylation sites (N-methyl/N-ethyl adjacent to an activating group) is 1. The van der Waals surface area contributed by atoms with Crippen LogP contribution in [0.2, 0.25) is 0 Å². The number of allylic oxidation sites excluding steroid dienone is 1. The molecule has 0 radical (unpaired) electrons. The third-order valence-corrected chi connectivity index (χ3v) is 1.59. The van der Waals surface area contributed by atoms with Crippen molar-refractivity contribution in [2.45, 2.75) is 19.4 Å². The van der Waals surface area contributed by atoms with E-state index in [1.165, 1.54) is 0 Å². The predicted octanol–water partition coefficient (Wildman–Crippen LogP) is 1.05. The van der Waals surface area contributed by atoms with Crippen LogP contribution in [0.1, 0.15) is 13.3 Å². The van der Waals surface area contributed by atoms with E-state index in [0.29, 0.717) is 6.04 Å². The Labute approximate surface area is 50.3 Å². The normalized spacial score (nSPS) is 27.8. The van der Waals surface area contributed by atoms with Crippen LogP contribution in [0.3, 0.4) is 0 Å². The molecule has 0 aromatic carbocycles. The number of hydrogen-bond donors (Lipinski definition) is 0. The van der Waals surface area contributed by atoms with Gasteiger partial charge in [-0.1, -0.05) is 6.08 Å². The first-order valence-corrected chi connectivity index (χ1v) is 3.02. The summed E-state index contributed by atoms with van der Waals surface area (Å²) in [6.07, 6.45) is 7.72. The lowest BCUT2D eigenvalue weighted by Gasteiger charge is -2.04. The molecule has 1 rings (SSSR count). The van der Waals surface area contributed by atoms with Gasteiger partial charge in [0.15, 0.2) is 6.04 Å². The van der Waals surface area contributed by atoms with Crippen LogP contribution in [0.15, 0.2) is 12.2 Å². The van der Waals surface area contributed by atoms with Crippen LogP contribution in [0, 0.1) is 0 Å². The predicted molar refractivity (Wildman–Crippen MR) is 35.5 cm³/mol. The molecule has 1 heteroatoms. The molecule has 1 unspecified atom stereocenters. The van der Waals surface area contributed by atoms with Gasteiger partial charge in [0.1, 0.15) is 13.3 Å². The average molecular weight is 110 g/mol. The molecule has 1 aliphatic heterocycles. The first kappa shape index (κ1) is 5.54. The molecule has 8 heavy (non-hydrogen) atoms. The van der Waals surface area contributed by atoms with Gasteiger partial charge < -0.3 is 0 Å². The van der Waals surface area contributed by atoms with Crippen LogP contribution in [0.25, 0.3) is 0 Å². The largest absolute Gasteiger partial charge is 0.236 e. The maximum atomic E-state index is 2.22. The molecule has 1 nitrogen and oxygen atoms in total. The smallest absolute Gasteiger partial charge is 0.167 e. The van der Waals surface area contributed by atoms with Gasteiger partial charge >= 0.3 is 0 Å². The number of rotatable bonds is 0. The van der Waals surface area contributed by atoms with E-state index in [1.54, 1.807) is 0 Å². The highest BCUT2D eigenvalue weighted by atomic mass is 15.0. The van der Waals surface area contributed by atoms with Gasteiger partial charge in [-0.2, -0.15) is 0 Å². The van der Waals surface area contributed by atoms with E-state index in [4.69, 9.17) is 0 Å². The molecule has 0 fully saturated rings. The molecule has 0 saturated heterocycles. The summed E-state index contributed by atoms with van der Waals surface area (Å²) in [6.45, 7) is 2.19. The Morgan fingerprint density at radius 3 is 2.75 bits per heavy atom. The molecular formula is C7H12N+. The molecular weight excluding hydrogens is 98.1 g/mol. The van der Waals surface area contributed by atoms with E-state index in [0.717, 1.165) is 6.42 Å². The number of nitrogens with zero attached hydrogens (tertiary/aromatic N) is 1. The second-order valence-electron chi connectivity index (χ2n) is 2.25. The summed E-state index contributed by atoms with van der Waals surface area (Å²) in [5, 5.41) is 0. The Bertz CT molecular complexity index is 133. The van der Waals surface area contributed by atoms with Crippen LogP contribution in [-0.4, -0.2) is 23.9 Å². The molecule has 1 atom stereocenters. The van der Waals surface area contributed by atoms with Crippen LogP contribution in [0.4, 0.5) is 0 Å². The average Bonchev–Trinajstić information content (AvgIpc) is 1.77. The quantitative estimate of drug-likeness (QED) is 0.324. The fourth-order valence-electron chi connectivity index (χ4n) is 0.805. The highest BCUT2D eigenvalue weighted by Gasteiger charge is 2.06. The standard InChI is InChI=1S/C7H12N/c1-7-5-3-4-6-8(7)2/h3,5-7H,4H2,1-2H3/q+1. The zero-order chi connectivity index (χ0) is 5.98. The van der Waals surface area contributed by atoms with Crippen LogP contribution in [0.5, 0.6) is 0 Å². The molecule has 0 spiro atoms. The molecule has 0 aromatic heterocycles. The van der Waals surface area contributed by atoms with Crippen LogP contribution in [-0.2, 0) is 0 Å². The first-order valence-electron chi connectivity index (χ1n) is 3.02. The third kappa shape index (κ3) is 0.971. The van der Waals surface area contributed by atoms with Crippen molar-refractivity contribution in [1.82, 2.24) is 0 Å². The lowest BCUT2D eigenvalue weighted by molar-refractivity contribution is -0.519. The molecule has 0 aromatic rings. The highest BCUT2D eigenvalue weighted by Crippen LogP contribution is 1.96. The van der Waals surface area contributed by atoms with Gasteiger partial charge in [0.25, 0.3) is 0 Å². The summed E-state index contributed by atoms with van der Waals surface area (Å²) in [5.41, 5.74) is 0. The van der Waals surface area contributed by atoms with Crippen molar-refractivity contribution >= 4 is 6.21 Å². The van der Waals surface area contributed by atoms with E-state index in [9.17, 15) is 0 Å². The van der Waals surface area contributed by atoms with E-state index in [2.05, 4.69) is 36.9 Å². The van der Waals surface area contributed by atoms with E-state index >= 15 is 0 Å². The first-order chi connectivity index (χ1) is 3.80. The minimum Gasteiger partial charge on any atom is -0.236 e. The molecule has 1 aliphatic rings. The van der Waals surface area contributed by atoms with Gasteiger partial charge in [0.2, 0.25) is 0 Å². The topological polar surface area (TPSA) is 3.01 Å². The van der Waals surface area contributed by atoms with Gasteiger partial charge in [-0.15, -0.1) is 0 Å². The minimum atomic E-state index is 0.601. The summed E-state index contributed by atoms with van der Waals surface area (Å²) in [4.78, 5) is 0. The molecule has 0 N–H and O–H groups in total. The van der Waals surface area contributed by atoms with Crippen molar-refractivity contribution in [3.63, 3.8) is 0 Å². The SMILES string of the molecule is CC1C=CCC=[N+]1C. The highest BCUT2D eigenvalue weighted by molar-refractivity contribution is 5.54. The minimum absolute atomic E-state index is 0.601. The summed E-state index contributed by atoms with van der Waals surface area (Å²) in [7, 11) is 2.11. The maximum absolute atomic E-state index is 2.22. The van der Waals surface area contributed by atoms with Crippen molar-refractivity contribution in [3.05, 3.63) is 12.2 Å². The Kier molecular flexibility index (Phi) is 1.47. The molecule has 1 heterocycles. The van der Waals surface area contributed by atoms with Crippen molar-refractivity contribution < 1.29 is 4.58 Å². The molecule has 0 bridgehead atoms. The Morgan fingerprint density at radius 1 is 1.62 bits per heavy atom. The lowest BCUT2D eigenvalue weighted by atomic mass is 10.2. The van der Waals surface area contributed by atoms with Crippen LogP contribution < -0.4 is 0 Å². The summed E-state index contributed by atoms with van der Waals surface area (Å²) in [5.74, 6) is 0. The van der Waals surface area contributed by atoms with Crippen molar-refractivity contribution in [2.75, 3.05) is 7.05 Å². The molecule has 0 amide bonds. The monoisotopic (exact) mass is 110 g/mol. The Hall–Kier alpha value is -0.590. The molecule has 44 valence electrons. The zero-order valence-corrected chi connectivity index (χ0v) is 5.46. The van der Waals surface area contributed by atoms with Gasteiger partial charge in [-0.25, -0.2) is 4.58 Å². The summed E-state index contributed by atoms with van der Waals surface area (Å²) >= 11 is 0.